The molecule has 1 aromatic carbocycles. The summed E-state index contributed by atoms with van der Waals surface area (Å²) in [6.45, 7) is 3.71. The van der Waals surface area contributed by atoms with Gasteiger partial charge in [0.1, 0.15) is 6.61 Å². The molecule has 0 aliphatic carbocycles. The van der Waals surface area contributed by atoms with Crippen molar-refractivity contribution in [3.63, 3.8) is 0 Å². The molecule has 2 rings (SSSR count). The van der Waals surface area contributed by atoms with E-state index >= 15 is 0 Å². The van der Waals surface area contributed by atoms with E-state index in [1.807, 2.05) is 30.3 Å². The Labute approximate surface area is 135 Å². The van der Waals surface area contributed by atoms with Crippen LogP contribution in [0.4, 0.5) is 10.5 Å². The summed E-state index contributed by atoms with van der Waals surface area (Å²) in [4.78, 5) is 16.0. The molecule has 122 valence electrons. The maximum atomic E-state index is 11.9. The number of nitrogens with zero attached hydrogens (tertiary/aromatic N) is 1. The standard InChI is InChI=1S/C17H21N3O3/c1-17(2,12-21)20-16(22)19-14-8-9-18-15(10-14)23-11-13-6-4-3-5-7-13/h3-10,21H,11-12H2,1-2H3,(H2,18,19,20,22). The predicted molar refractivity (Wildman–Crippen MR) is 88.3 cm³/mol. The lowest BCUT2D eigenvalue weighted by Gasteiger charge is -2.23. The van der Waals surface area contributed by atoms with Gasteiger partial charge in [0.25, 0.3) is 0 Å². The topological polar surface area (TPSA) is 83.5 Å². The summed E-state index contributed by atoms with van der Waals surface area (Å²) < 4.78 is 5.61. The first-order valence-electron chi connectivity index (χ1n) is 7.31. The number of aliphatic hydroxyl groups excluding tert-OH is 1. The zero-order valence-corrected chi connectivity index (χ0v) is 13.2. The number of carbonyl (C=O) groups is 1. The van der Waals surface area contributed by atoms with Gasteiger partial charge in [0, 0.05) is 18.0 Å². The smallest absolute Gasteiger partial charge is 0.319 e. The molecule has 0 radical (unpaired) electrons. The van der Waals surface area contributed by atoms with Crippen LogP contribution in [0.1, 0.15) is 19.4 Å². The van der Waals surface area contributed by atoms with E-state index in [0.29, 0.717) is 18.2 Å². The SMILES string of the molecule is CC(C)(CO)NC(=O)Nc1ccnc(OCc2ccccc2)c1. The fraction of sp³-hybridized carbons (Fsp3) is 0.294. The van der Waals surface area contributed by atoms with Gasteiger partial charge in [-0.05, 0) is 25.5 Å². The van der Waals surface area contributed by atoms with Crippen LogP contribution in [0.5, 0.6) is 5.88 Å². The molecule has 0 aliphatic rings. The molecule has 0 unspecified atom stereocenters. The predicted octanol–water partition coefficient (Wildman–Crippen LogP) is 2.55. The van der Waals surface area contributed by atoms with Crippen molar-refractivity contribution in [2.45, 2.75) is 26.0 Å². The van der Waals surface area contributed by atoms with Gasteiger partial charge in [-0.1, -0.05) is 30.3 Å². The van der Waals surface area contributed by atoms with Crippen LogP contribution in [-0.4, -0.2) is 28.3 Å². The Bertz CT molecular complexity index is 645. The Kier molecular flexibility index (Phi) is 5.54. The number of urea groups is 1. The van der Waals surface area contributed by atoms with Gasteiger partial charge in [-0.25, -0.2) is 9.78 Å². The van der Waals surface area contributed by atoms with Gasteiger partial charge >= 0.3 is 6.03 Å². The molecule has 0 saturated heterocycles. The van der Waals surface area contributed by atoms with Gasteiger partial charge in [0.2, 0.25) is 5.88 Å². The van der Waals surface area contributed by atoms with Crippen molar-refractivity contribution in [1.82, 2.24) is 10.3 Å². The third-order valence-corrected chi connectivity index (χ3v) is 3.07. The number of rotatable bonds is 6. The van der Waals surface area contributed by atoms with Crippen molar-refractivity contribution < 1.29 is 14.6 Å². The molecule has 0 fully saturated rings. The summed E-state index contributed by atoms with van der Waals surface area (Å²) in [6, 6.07) is 12.7. The number of nitrogens with one attached hydrogen (secondary N) is 2. The van der Waals surface area contributed by atoms with Crippen LogP contribution < -0.4 is 15.4 Å². The van der Waals surface area contributed by atoms with Crippen molar-refractivity contribution >= 4 is 11.7 Å². The number of hydrogen-bond donors (Lipinski definition) is 3. The molecule has 0 saturated carbocycles. The van der Waals surface area contributed by atoms with Crippen LogP contribution in [0.15, 0.2) is 48.7 Å². The highest BCUT2D eigenvalue weighted by atomic mass is 16.5. The minimum absolute atomic E-state index is 0.151. The van der Waals surface area contributed by atoms with Crippen LogP contribution in [0.25, 0.3) is 0 Å². The van der Waals surface area contributed by atoms with Gasteiger partial charge in [0.05, 0.1) is 12.1 Å². The molecule has 0 spiro atoms. The molecule has 0 bridgehead atoms. The highest BCUT2D eigenvalue weighted by Crippen LogP contribution is 2.15. The molecule has 0 atom stereocenters. The molecular formula is C17H21N3O3. The number of anilines is 1. The minimum atomic E-state index is -0.691. The fourth-order valence-corrected chi connectivity index (χ4v) is 1.81. The van der Waals surface area contributed by atoms with Crippen molar-refractivity contribution in [2.75, 3.05) is 11.9 Å². The summed E-state index contributed by atoms with van der Waals surface area (Å²) >= 11 is 0. The Morgan fingerprint density at radius 2 is 2.00 bits per heavy atom. The third kappa shape index (κ3) is 5.60. The highest BCUT2D eigenvalue weighted by Gasteiger charge is 2.19. The van der Waals surface area contributed by atoms with Gasteiger partial charge in [-0.2, -0.15) is 0 Å². The van der Waals surface area contributed by atoms with Crippen molar-refractivity contribution in [3.05, 3.63) is 54.2 Å². The number of carbonyl (C=O) groups excluding carboxylic acids is 1. The van der Waals surface area contributed by atoms with Gasteiger partial charge in [0.15, 0.2) is 0 Å². The number of benzene rings is 1. The second kappa shape index (κ2) is 7.60. The van der Waals surface area contributed by atoms with Gasteiger partial charge in [-0.3, -0.25) is 0 Å². The Hall–Kier alpha value is -2.60. The number of hydrogen-bond acceptors (Lipinski definition) is 4. The molecule has 6 nitrogen and oxygen atoms in total. The minimum Gasteiger partial charge on any atom is -0.473 e. The van der Waals surface area contributed by atoms with E-state index in [1.165, 1.54) is 0 Å². The molecule has 2 amide bonds. The summed E-state index contributed by atoms with van der Waals surface area (Å²) in [5, 5.41) is 14.5. The maximum Gasteiger partial charge on any atom is 0.319 e. The fourth-order valence-electron chi connectivity index (χ4n) is 1.81. The number of pyridine rings is 1. The first-order chi connectivity index (χ1) is 11.0. The summed E-state index contributed by atoms with van der Waals surface area (Å²) in [5.41, 5.74) is 0.911. The highest BCUT2D eigenvalue weighted by molar-refractivity contribution is 5.89. The van der Waals surface area contributed by atoms with Crippen molar-refractivity contribution in [1.29, 1.82) is 0 Å². The molecule has 1 aromatic heterocycles. The van der Waals surface area contributed by atoms with Crippen molar-refractivity contribution in [2.24, 2.45) is 0 Å². The van der Waals surface area contributed by atoms with Crippen molar-refractivity contribution in [3.8, 4) is 5.88 Å². The van der Waals surface area contributed by atoms with Crippen LogP contribution in [-0.2, 0) is 6.61 Å². The Morgan fingerprint density at radius 1 is 1.26 bits per heavy atom. The normalized spacial score (nSPS) is 10.9. The largest absolute Gasteiger partial charge is 0.473 e. The van der Waals surface area contributed by atoms with E-state index in [2.05, 4.69) is 15.6 Å². The van der Waals surface area contributed by atoms with E-state index in [4.69, 9.17) is 9.84 Å². The molecule has 2 aromatic rings. The molecule has 1 heterocycles. The van der Waals surface area contributed by atoms with E-state index in [0.717, 1.165) is 5.56 Å². The summed E-state index contributed by atoms with van der Waals surface area (Å²) in [7, 11) is 0. The van der Waals surface area contributed by atoms with Crippen LogP contribution in [0.2, 0.25) is 0 Å². The van der Waals surface area contributed by atoms with Gasteiger partial charge in [-0.15, -0.1) is 0 Å². The number of aliphatic hydroxyl groups is 1. The molecule has 0 aliphatic heterocycles. The lowest BCUT2D eigenvalue weighted by molar-refractivity contribution is 0.187. The second-order valence-electron chi connectivity index (χ2n) is 5.78. The van der Waals surface area contributed by atoms with Crippen LogP contribution in [0, 0.1) is 0 Å². The zero-order chi connectivity index (χ0) is 16.7. The first-order valence-corrected chi connectivity index (χ1v) is 7.31. The number of amides is 2. The molecule has 3 N–H and O–H groups in total. The average Bonchev–Trinajstić information content (AvgIpc) is 2.54. The third-order valence-electron chi connectivity index (χ3n) is 3.07. The summed E-state index contributed by atoms with van der Waals surface area (Å²) in [6.07, 6.45) is 1.56. The lowest BCUT2D eigenvalue weighted by Crippen LogP contribution is -2.48. The van der Waals surface area contributed by atoms with E-state index in [1.54, 1.807) is 32.2 Å². The monoisotopic (exact) mass is 315 g/mol. The Morgan fingerprint density at radius 3 is 2.70 bits per heavy atom. The van der Waals surface area contributed by atoms with Crippen LogP contribution >= 0.6 is 0 Å². The van der Waals surface area contributed by atoms with E-state index in [-0.39, 0.29) is 6.61 Å². The quantitative estimate of drug-likeness (QED) is 0.765. The Balaban J connectivity index is 1.93. The molecule has 6 heteroatoms. The van der Waals surface area contributed by atoms with Crippen LogP contribution in [0.3, 0.4) is 0 Å². The zero-order valence-electron chi connectivity index (χ0n) is 13.2. The second-order valence-corrected chi connectivity index (χ2v) is 5.78. The summed E-state index contributed by atoms with van der Waals surface area (Å²) in [5.74, 6) is 0.424. The average molecular weight is 315 g/mol. The van der Waals surface area contributed by atoms with E-state index in [9.17, 15) is 4.79 Å². The first kappa shape index (κ1) is 16.8. The lowest BCUT2D eigenvalue weighted by atomic mass is 10.1. The molecular weight excluding hydrogens is 294 g/mol. The molecule has 23 heavy (non-hydrogen) atoms. The van der Waals surface area contributed by atoms with Gasteiger partial charge < -0.3 is 20.5 Å². The van der Waals surface area contributed by atoms with E-state index < -0.39 is 11.6 Å². The number of aromatic nitrogens is 1. The maximum absolute atomic E-state index is 11.9. The number of ether oxygens (including phenoxy) is 1.